The van der Waals surface area contributed by atoms with Gasteiger partial charge in [-0.3, -0.25) is 0 Å². The molecule has 0 bridgehead atoms. The minimum Gasteiger partial charge on any atom is -0.396 e. The summed E-state index contributed by atoms with van der Waals surface area (Å²) in [6.07, 6.45) is 2.23. The second-order valence-electron chi connectivity index (χ2n) is 3.96. The average molecular weight is 197 g/mol. The van der Waals surface area contributed by atoms with Crippen LogP contribution in [0.5, 0.6) is 0 Å². The lowest BCUT2D eigenvalue weighted by atomic mass is 10.1. The van der Waals surface area contributed by atoms with Crippen LogP contribution in [-0.4, -0.2) is 38.5 Å². The Morgan fingerprint density at radius 1 is 1.57 bits per heavy atom. The van der Waals surface area contributed by atoms with E-state index in [9.17, 15) is 0 Å². The third kappa shape index (κ3) is 2.08. The molecule has 2 rings (SSSR count). The van der Waals surface area contributed by atoms with E-state index in [0.29, 0.717) is 12.4 Å². The quantitative estimate of drug-likeness (QED) is 0.638. The summed E-state index contributed by atoms with van der Waals surface area (Å²) in [6.45, 7) is 1.73. The van der Waals surface area contributed by atoms with E-state index in [1.807, 2.05) is 0 Å². The van der Waals surface area contributed by atoms with Crippen molar-refractivity contribution in [1.82, 2.24) is 25.5 Å². The molecule has 0 amide bonds. The Labute approximate surface area is 82.3 Å². The van der Waals surface area contributed by atoms with Gasteiger partial charge in [-0.25, -0.2) is 0 Å². The molecule has 2 N–H and O–H groups in total. The van der Waals surface area contributed by atoms with Crippen LogP contribution in [0.4, 0.5) is 0 Å². The summed E-state index contributed by atoms with van der Waals surface area (Å²) in [6, 6.07) is 0. The minimum atomic E-state index is 0.141. The molecule has 0 aliphatic heterocycles. The Balaban J connectivity index is 1.73. The van der Waals surface area contributed by atoms with Gasteiger partial charge in [0, 0.05) is 18.6 Å². The van der Waals surface area contributed by atoms with Gasteiger partial charge in [-0.15, -0.1) is 10.2 Å². The van der Waals surface area contributed by atoms with Crippen LogP contribution in [0.15, 0.2) is 0 Å². The van der Waals surface area contributed by atoms with E-state index < -0.39 is 0 Å². The van der Waals surface area contributed by atoms with E-state index in [1.54, 1.807) is 7.05 Å². The maximum atomic E-state index is 9.07. The molecule has 1 aromatic heterocycles. The van der Waals surface area contributed by atoms with Crippen LogP contribution in [0.3, 0.4) is 0 Å². The number of aliphatic hydroxyl groups is 1. The molecule has 0 radical (unpaired) electrons. The van der Waals surface area contributed by atoms with E-state index in [0.717, 1.165) is 19.4 Å². The molecule has 1 aliphatic rings. The van der Waals surface area contributed by atoms with Crippen molar-refractivity contribution < 1.29 is 5.11 Å². The van der Waals surface area contributed by atoms with E-state index in [2.05, 4.69) is 20.7 Å². The van der Waals surface area contributed by atoms with Crippen molar-refractivity contribution in [2.45, 2.75) is 19.4 Å². The van der Waals surface area contributed by atoms with Gasteiger partial charge in [0.1, 0.15) is 0 Å². The molecule has 1 aliphatic carbocycles. The van der Waals surface area contributed by atoms with Crippen LogP contribution in [0, 0.1) is 5.41 Å². The van der Waals surface area contributed by atoms with Crippen LogP contribution in [0.25, 0.3) is 0 Å². The van der Waals surface area contributed by atoms with Crippen molar-refractivity contribution in [1.29, 1.82) is 0 Å². The van der Waals surface area contributed by atoms with E-state index in [4.69, 9.17) is 5.11 Å². The predicted molar refractivity (Wildman–Crippen MR) is 49.3 cm³/mol. The molecule has 1 saturated carbocycles. The largest absolute Gasteiger partial charge is 0.396 e. The van der Waals surface area contributed by atoms with E-state index >= 15 is 0 Å². The number of aryl methyl sites for hydroxylation is 1. The van der Waals surface area contributed by atoms with Gasteiger partial charge in [-0.1, -0.05) is 0 Å². The Morgan fingerprint density at radius 3 is 2.86 bits per heavy atom. The van der Waals surface area contributed by atoms with E-state index in [-0.39, 0.29) is 12.0 Å². The summed E-state index contributed by atoms with van der Waals surface area (Å²) in [5.74, 6) is 0.696. The van der Waals surface area contributed by atoms with Crippen molar-refractivity contribution in [3.8, 4) is 0 Å². The molecule has 0 aromatic carbocycles. The highest BCUT2D eigenvalue weighted by molar-refractivity contribution is 4.94. The van der Waals surface area contributed by atoms with Crippen LogP contribution < -0.4 is 5.32 Å². The van der Waals surface area contributed by atoms with Gasteiger partial charge >= 0.3 is 0 Å². The lowest BCUT2D eigenvalue weighted by molar-refractivity contribution is 0.207. The number of aromatic nitrogens is 4. The number of hydrogen-bond donors (Lipinski definition) is 2. The molecule has 0 unspecified atom stereocenters. The summed E-state index contributed by atoms with van der Waals surface area (Å²) in [5.41, 5.74) is 0.141. The molecule has 0 atom stereocenters. The third-order valence-electron chi connectivity index (χ3n) is 2.63. The van der Waals surface area contributed by atoms with Gasteiger partial charge in [-0.05, 0) is 18.1 Å². The summed E-state index contributed by atoms with van der Waals surface area (Å²) < 4.78 is 0. The van der Waals surface area contributed by atoms with Crippen LogP contribution in [0.2, 0.25) is 0 Å². The monoisotopic (exact) mass is 197 g/mol. The molecule has 0 spiro atoms. The van der Waals surface area contributed by atoms with Crippen LogP contribution in [-0.2, 0) is 13.6 Å². The van der Waals surface area contributed by atoms with Gasteiger partial charge in [0.15, 0.2) is 5.82 Å². The molecule has 6 heteroatoms. The molecule has 78 valence electrons. The summed E-state index contributed by atoms with van der Waals surface area (Å²) in [4.78, 5) is 1.44. The SMILES string of the molecule is Cn1nnc(CNCC2(CO)CC2)n1. The first kappa shape index (κ1) is 9.54. The first-order chi connectivity index (χ1) is 6.74. The number of nitrogens with zero attached hydrogens (tertiary/aromatic N) is 4. The van der Waals surface area contributed by atoms with Gasteiger partial charge in [0.05, 0.1) is 13.6 Å². The zero-order valence-electron chi connectivity index (χ0n) is 8.27. The first-order valence-corrected chi connectivity index (χ1v) is 4.79. The highest BCUT2D eigenvalue weighted by atomic mass is 16.3. The Hall–Kier alpha value is -1.01. The predicted octanol–water partition coefficient (Wildman–Crippen LogP) is -0.928. The molecule has 6 nitrogen and oxygen atoms in total. The average Bonchev–Trinajstić information content (AvgIpc) is 2.84. The standard InChI is InChI=1S/C8H15N5O/c1-13-11-7(10-12-13)4-9-5-8(6-14)2-3-8/h9,14H,2-6H2,1H3. The van der Waals surface area contributed by atoms with Crippen molar-refractivity contribution in [2.75, 3.05) is 13.2 Å². The van der Waals surface area contributed by atoms with Crippen molar-refractivity contribution in [3.63, 3.8) is 0 Å². The summed E-state index contributed by atoms with van der Waals surface area (Å²) >= 11 is 0. The topological polar surface area (TPSA) is 75.9 Å². The Morgan fingerprint density at radius 2 is 2.36 bits per heavy atom. The molecule has 1 fully saturated rings. The third-order valence-corrected chi connectivity index (χ3v) is 2.63. The highest BCUT2D eigenvalue weighted by Crippen LogP contribution is 2.44. The lowest BCUT2D eigenvalue weighted by Crippen LogP contribution is -2.26. The Bertz CT molecular complexity index is 306. The van der Waals surface area contributed by atoms with Gasteiger partial charge in [-0.2, -0.15) is 4.80 Å². The lowest BCUT2D eigenvalue weighted by Gasteiger charge is -2.10. The van der Waals surface area contributed by atoms with Crippen LogP contribution in [0.1, 0.15) is 18.7 Å². The van der Waals surface area contributed by atoms with E-state index in [1.165, 1.54) is 4.80 Å². The normalized spacial score (nSPS) is 18.4. The van der Waals surface area contributed by atoms with Crippen molar-refractivity contribution >= 4 is 0 Å². The van der Waals surface area contributed by atoms with Crippen molar-refractivity contribution in [3.05, 3.63) is 5.82 Å². The molecule has 14 heavy (non-hydrogen) atoms. The zero-order chi connectivity index (χ0) is 10.0. The minimum absolute atomic E-state index is 0.141. The fourth-order valence-corrected chi connectivity index (χ4v) is 1.40. The number of tetrazole rings is 1. The molecular formula is C8H15N5O. The summed E-state index contributed by atoms with van der Waals surface area (Å²) in [7, 11) is 1.74. The maximum Gasteiger partial charge on any atom is 0.188 e. The van der Waals surface area contributed by atoms with Crippen LogP contribution >= 0.6 is 0 Å². The number of nitrogens with one attached hydrogen (secondary N) is 1. The fourth-order valence-electron chi connectivity index (χ4n) is 1.40. The van der Waals surface area contributed by atoms with Gasteiger partial charge in [0.25, 0.3) is 0 Å². The molecule has 0 saturated heterocycles. The number of rotatable bonds is 5. The fraction of sp³-hybridized carbons (Fsp3) is 0.875. The first-order valence-electron chi connectivity index (χ1n) is 4.79. The Kier molecular flexibility index (Phi) is 2.47. The highest BCUT2D eigenvalue weighted by Gasteiger charge is 2.41. The smallest absolute Gasteiger partial charge is 0.188 e. The molecule has 1 heterocycles. The molecule has 1 aromatic rings. The number of hydrogen-bond acceptors (Lipinski definition) is 5. The molecular weight excluding hydrogens is 182 g/mol. The van der Waals surface area contributed by atoms with Gasteiger partial charge < -0.3 is 10.4 Å². The second-order valence-corrected chi connectivity index (χ2v) is 3.96. The second kappa shape index (κ2) is 3.62. The number of aliphatic hydroxyl groups excluding tert-OH is 1. The summed E-state index contributed by atoms with van der Waals surface area (Å²) in [5, 5.41) is 23.9. The van der Waals surface area contributed by atoms with Crippen molar-refractivity contribution in [2.24, 2.45) is 12.5 Å². The maximum absolute atomic E-state index is 9.07. The van der Waals surface area contributed by atoms with Gasteiger partial charge in [0.2, 0.25) is 0 Å². The zero-order valence-corrected chi connectivity index (χ0v) is 8.27.